The van der Waals surface area contributed by atoms with Gasteiger partial charge < -0.3 is 14.7 Å². The molecule has 0 bridgehead atoms. The smallest absolute Gasteiger partial charge is 0.323 e. The van der Waals surface area contributed by atoms with E-state index in [0.717, 1.165) is 16.7 Å². The summed E-state index contributed by atoms with van der Waals surface area (Å²) in [6.07, 6.45) is 2.16. The van der Waals surface area contributed by atoms with E-state index < -0.39 is 18.4 Å². The first-order valence-corrected chi connectivity index (χ1v) is 11.9. The molecule has 2 atom stereocenters. The van der Waals surface area contributed by atoms with Gasteiger partial charge in [0.15, 0.2) is 0 Å². The van der Waals surface area contributed by atoms with Gasteiger partial charge in [-0.2, -0.15) is 5.26 Å². The Balaban J connectivity index is 2.25. The highest BCUT2D eigenvalue weighted by Gasteiger charge is 2.35. The van der Waals surface area contributed by atoms with E-state index >= 15 is 0 Å². The topological polar surface area (TPSA) is 116 Å². The first-order chi connectivity index (χ1) is 15.6. The Morgan fingerprint density at radius 3 is 2.52 bits per heavy atom. The Kier molecular flexibility index (Phi) is 7.62. The molecule has 1 aromatic rings. The highest BCUT2D eigenvalue weighted by molar-refractivity contribution is 8.26. The zero-order chi connectivity index (χ0) is 24.4. The first-order valence-electron chi connectivity index (χ1n) is 10.6. The molecule has 0 aliphatic carbocycles. The van der Waals surface area contributed by atoms with Crippen molar-refractivity contribution in [2.24, 2.45) is 0 Å². The average Bonchev–Trinajstić information content (AvgIpc) is 2.98. The number of carbonyl (C=O) groups excluding carboxylic acids is 1. The number of amides is 1. The van der Waals surface area contributed by atoms with E-state index in [4.69, 9.17) is 22.1 Å². The van der Waals surface area contributed by atoms with Gasteiger partial charge in [-0.15, -0.1) is 0 Å². The van der Waals surface area contributed by atoms with E-state index in [1.54, 1.807) is 17.6 Å². The predicted octanol–water partition coefficient (Wildman–Crippen LogP) is 2.34. The summed E-state index contributed by atoms with van der Waals surface area (Å²) in [7, 11) is 0. The van der Waals surface area contributed by atoms with E-state index in [0.29, 0.717) is 43.0 Å². The monoisotopic (exact) mass is 490 g/mol. The molecule has 176 valence electrons. The third-order valence-corrected chi connectivity index (χ3v) is 6.83. The molecule has 1 amide bonds. The van der Waals surface area contributed by atoms with Crippen molar-refractivity contribution in [3.05, 3.63) is 31.9 Å². The summed E-state index contributed by atoms with van der Waals surface area (Å²) in [4.78, 5) is 40.6. The molecule has 9 nitrogen and oxygen atoms in total. The molecule has 11 heteroatoms. The molecule has 3 rings (SSSR count). The van der Waals surface area contributed by atoms with Crippen LogP contribution in [-0.4, -0.2) is 62.6 Å². The van der Waals surface area contributed by atoms with Gasteiger partial charge in [0.05, 0.1) is 17.1 Å². The number of nitriles is 1. The van der Waals surface area contributed by atoms with Gasteiger partial charge in [0.25, 0.3) is 11.5 Å². The Morgan fingerprint density at radius 1 is 1.33 bits per heavy atom. The second kappa shape index (κ2) is 10.1. The second-order valence-electron chi connectivity index (χ2n) is 8.13. The van der Waals surface area contributed by atoms with Crippen LogP contribution in [0.1, 0.15) is 43.9 Å². The molecule has 33 heavy (non-hydrogen) atoms. The molecule has 1 N–H and O–H groups in total. The molecular weight excluding hydrogens is 464 g/mol. The number of morpholine rings is 1. The van der Waals surface area contributed by atoms with Gasteiger partial charge in [0.1, 0.15) is 28.3 Å². The van der Waals surface area contributed by atoms with E-state index in [2.05, 4.69) is 4.90 Å². The maximum absolute atomic E-state index is 13.2. The fourth-order valence-electron chi connectivity index (χ4n) is 4.17. The number of carbonyl (C=O) groups is 2. The van der Waals surface area contributed by atoms with Crippen LogP contribution in [0.15, 0.2) is 9.70 Å². The lowest BCUT2D eigenvalue weighted by Crippen LogP contribution is -2.48. The number of pyridine rings is 1. The summed E-state index contributed by atoms with van der Waals surface area (Å²) in [6, 6.07) is 2.02. The highest BCUT2D eigenvalue weighted by atomic mass is 32.2. The van der Waals surface area contributed by atoms with Crippen LogP contribution in [0.5, 0.6) is 0 Å². The Labute approximate surface area is 201 Å². The molecule has 0 aromatic carbocycles. The van der Waals surface area contributed by atoms with E-state index in [1.165, 1.54) is 0 Å². The number of nitrogens with zero attached hydrogens (tertiary/aromatic N) is 4. The van der Waals surface area contributed by atoms with Crippen molar-refractivity contribution in [2.45, 2.75) is 52.9 Å². The van der Waals surface area contributed by atoms with Gasteiger partial charge in [-0.3, -0.25) is 23.9 Å². The summed E-state index contributed by atoms with van der Waals surface area (Å²) in [5.41, 5.74) is 0.708. The van der Waals surface area contributed by atoms with Gasteiger partial charge in [0.2, 0.25) is 0 Å². The van der Waals surface area contributed by atoms with Crippen molar-refractivity contribution < 1.29 is 19.4 Å². The number of rotatable bonds is 6. The molecule has 2 saturated heterocycles. The number of aliphatic carboxylic acids is 1. The lowest BCUT2D eigenvalue weighted by Gasteiger charge is -2.39. The maximum Gasteiger partial charge on any atom is 0.323 e. The van der Waals surface area contributed by atoms with Crippen molar-refractivity contribution in [3.63, 3.8) is 0 Å². The van der Waals surface area contributed by atoms with Crippen LogP contribution in [0.2, 0.25) is 0 Å². The minimum atomic E-state index is -1.16. The highest BCUT2D eigenvalue weighted by Crippen LogP contribution is 2.36. The van der Waals surface area contributed by atoms with Crippen LogP contribution in [-0.2, 0) is 20.9 Å². The number of hydrogen-bond acceptors (Lipinski definition) is 8. The molecular formula is C22H26N4O5S2. The lowest BCUT2D eigenvalue weighted by atomic mass is 10.0. The molecule has 2 unspecified atom stereocenters. The fourth-order valence-corrected chi connectivity index (χ4v) is 5.41. The van der Waals surface area contributed by atoms with Crippen LogP contribution >= 0.6 is 24.0 Å². The normalized spacial score (nSPS) is 22.2. The molecule has 0 spiro atoms. The predicted molar refractivity (Wildman–Crippen MR) is 130 cm³/mol. The number of anilines is 1. The van der Waals surface area contributed by atoms with E-state index in [-0.39, 0.29) is 32.6 Å². The average molecular weight is 491 g/mol. The van der Waals surface area contributed by atoms with Crippen molar-refractivity contribution in [1.82, 2.24) is 9.47 Å². The van der Waals surface area contributed by atoms with Gasteiger partial charge in [-0.1, -0.05) is 30.9 Å². The Hall–Kier alpha value is -2.68. The zero-order valence-corrected chi connectivity index (χ0v) is 20.6. The van der Waals surface area contributed by atoms with Gasteiger partial charge in [0, 0.05) is 25.2 Å². The largest absolute Gasteiger partial charge is 0.480 e. The Morgan fingerprint density at radius 2 is 1.97 bits per heavy atom. The molecule has 2 aliphatic rings. The van der Waals surface area contributed by atoms with E-state index in [1.807, 2.05) is 26.8 Å². The Bertz CT molecular complexity index is 1130. The number of thioether (sulfide) groups is 1. The van der Waals surface area contributed by atoms with Crippen molar-refractivity contribution in [1.29, 1.82) is 5.26 Å². The van der Waals surface area contributed by atoms with Crippen LogP contribution in [0.3, 0.4) is 0 Å². The SMILES string of the molecule is CCCn1c(N2CC(C)OC(C)C2)c(/C=C2\SC(=S)N(CC(=O)O)C2=O)c(C)c(C#N)c1=O. The van der Waals surface area contributed by atoms with Crippen molar-refractivity contribution in [2.75, 3.05) is 24.5 Å². The summed E-state index contributed by atoms with van der Waals surface area (Å²) in [5, 5.41) is 18.8. The van der Waals surface area contributed by atoms with Crippen LogP contribution < -0.4 is 10.5 Å². The van der Waals surface area contributed by atoms with Crippen LogP contribution in [0.4, 0.5) is 5.82 Å². The molecule has 2 fully saturated rings. The summed E-state index contributed by atoms with van der Waals surface area (Å²) < 4.78 is 7.62. The minimum Gasteiger partial charge on any atom is -0.480 e. The van der Waals surface area contributed by atoms with Crippen molar-refractivity contribution >= 4 is 52.1 Å². The van der Waals surface area contributed by atoms with Crippen molar-refractivity contribution in [3.8, 4) is 6.07 Å². The van der Waals surface area contributed by atoms with Gasteiger partial charge in [-0.25, -0.2) is 0 Å². The number of ether oxygens (including phenoxy) is 1. The molecule has 0 radical (unpaired) electrons. The molecule has 2 aliphatic heterocycles. The third kappa shape index (κ3) is 4.98. The summed E-state index contributed by atoms with van der Waals surface area (Å²) >= 11 is 6.23. The number of carboxylic acid groups (broad SMARTS) is 1. The maximum atomic E-state index is 13.2. The molecule has 0 saturated carbocycles. The van der Waals surface area contributed by atoms with Gasteiger partial charge in [-0.05, 0) is 38.8 Å². The quantitative estimate of drug-likeness (QED) is 0.474. The molecule has 1 aromatic heterocycles. The van der Waals surface area contributed by atoms with Gasteiger partial charge >= 0.3 is 5.97 Å². The second-order valence-corrected chi connectivity index (χ2v) is 9.81. The van der Waals surface area contributed by atoms with Crippen LogP contribution in [0, 0.1) is 18.3 Å². The summed E-state index contributed by atoms with van der Waals surface area (Å²) in [5.74, 6) is -1.04. The number of carboxylic acids is 1. The summed E-state index contributed by atoms with van der Waals surface area (Å²) in [6.45, 7) is 8.52. The third-order valence-electron chi connectivity index (χ3n) is 5.46. The standard InChI is InChI=1S/C22H26N4O5S2/c1-5-6-25-19(24-9-12(2)31-13(3)10-24)15(14(4)16(8-23)20(25)29)7-17-21(30)26(11-18(27)28)22(32)33-17/h7,12-13H,5-6,9-11H2,1-4H3,(H,27,28)/b17-7-. The fraction of sp³-hybridized carbons (Fsp3) is 0.500. The molecule has 3 heterocycles. The number of aromatic nitrogens is 1. The zero-order valence-electron chi connectivity index (χ0n) is 19.0. The van der Waals surface area contributed by atoms with E-state index in [9.17, 15) is 19.6 Å². The lowest BCUT2D eigenvalue weighted by molar-refractivity contribution is -0.140. The minimum absolute atomic E-state index is 0.0221. The number of hydrogen-bond donors (Lipinski definition) is 1. The first kappa shape index (κ1) is 25.0. The van der Waals surface area contributed by atoms with Crippen LogP contribution in [0.25, 0.3) is 6.08 Å². The number of thiocarbonyl (C=S) groups is 1.